The number of benzene rings is 1. The zero-order valence-corrected chi connectivity index (χ0v) is 26.5. The van der Waals surface area contributed by atoms with Crippen LogP contribution in [-0.4, -0.2) is 68.8 Å². The number of aliphatic hydroxyl groups is 1. The van der Waals surface area contributed by atoms with E-state index in [1.165, 1.54) is 19.1 Å². The number of rotatable bonds is 14. The second-order valence-electron chi connectivity index (χ2n) is 10.6. The molecule has 1 aromatic heterocycles. The first-order valence-corrected chi connectivity index (χ1v) is 15.7. The summed E-state index contributed by atoms with van der Waals surface area (Å²) in [6.45, 7) is 7.28. The highest BCUT2D eigenvalue weighted by atomic mass is 35.5. The third-order valence-corrected chi connectivity index (χ3v) is 8.15. The van der Waals surface area contributed by atoms with Crippen LogP contribution < -0.4 is 21.0 Å². The number of aliphatic hydroxyl groups excluding tert-OH is 1. The number of carbonyl (C=O) groups excluding carboxylic acids is 2. The van der Waals surface area contributed by atoms with Crippen molar-refractivity contribution in [2.24, 2.45) is 0 Å². The molecule has 2 heterocycles. The molecule has 1 aliphatic rings. The minimum absolute atomic E-state index is 0.00851. The maximum atomic E-state index is 15.5. The summed E-state index contributed by atoms with van der Waals surface area (Å²) in [5, 5.41) is 10.1. The fraction of sp³-hybridized carbons (Fsp3) is 0.556. The van der Waals surface area contributed by atoms with Gasteiger partial charge in [0.1, 0.15) is 29.8 Å². The second-order valence-corrected chi connectivity index (χ2v) is 12.8. The van der Waals surface area contributed by atoms with E-state index >= 15 is 4.39 Å². The molecule has 17 heteroatoms. The molecule has 0 amide bonds. The quantitative estimate of drug-likeness (QED) is 0.152. The summed E-state index contributed by atoms with van der Waals surface area (Å²) in [7, 11) is -4.54. The average molecular weight is 663 g/mol. The molecule has 1 fully saturated rings. The zero-order chi connectivity index (χ0) is 32.8. The van der Waals surface area contributed by atoms with E-state index in [-0.39, 0.29) is 30.5 Å². The fourth-order valence-electron chi connectivity index (χ4n) is 4.08. The predicted molar refractivity (Wildman–Crippen MR) is 157 cm³/mol. The van der Waals surface area contributed by atoms with E-state index in [4.69, 9.17) is 40.6 Å². The Morgan fingerprint density at radius 1 is 1.20 bits per heavy atom. The van der Waals surface area contributed by atoms with Crippen molar-refractivity contribution in [2.75, 3.05) is 12.3 Å². The van der Waals surface area contributed by atoms with Crippen LogP contribution in [0, 0.1) is 0 Å². The number of para-hydroxylation sites is 1. The van der Waals surface area contributed by atoms with Crippen molar-refractivity contribution in [1.29, 1.82) is 0 Å². The lowest BCUT2D eigenvalue weighted by atomic mass is 10.1. The van der Waals surface area contributed by atoms with E-state index in [2.05, 4.69) is 10.1 Å². The number of nitrogens with one attached hydrogen (secondary N) is 1. The Labute approximate surface area is 258 Å². The maximum Gasteiger partial charge on any atom is 0.459 e. The van der Waals surface area contributed by atoms with Crippen molar-refractivity contribution in [3.63, 3.8) is 0 Å². The molecule has 14 nitrogen and oxygen atoms in total. The van der Waals surface area contributed by atoms with Crippen molar-refractivity contribution >= 4 is 37.1 Å². The topological polar surface area (TPSA) is 191 Å². The number of nitrogens with two attached hydrogens (primary N) is 1. The molecule has 3 rings (SSSR count). The number of alkyl halides is 2. The van der Waals surface area contributed by atoms with Gasteiger partial charge in [-0.2, -0.15) is 10.1 Å². The number of hydrogen-bond donors (Lipinski definition) is 3. The molecule has 244 valence electrons. The Kier molecular flexibility index (Phi) is 11.9. The monoisotopic (exact) mass is 662 g/mol. The number of esters is 2. The maximum absolute atomic E-state index is 15.5. The van der Waals surface area contributed by atoms with Crippen LogP contribution >= 0.6 is 19.3 Å². The highest BCUT2D eigenvalue weighted by Crippen LogP contribution is 2.49. The molecule has 0 bridgehead atoms. The Morgan fingerprint density at radius 2 is 1.86 bits per heavy atom. The Balaban J connectivity index is 1.85. The minimum atomic E-state index is -4.54. The molecule has 6 atom stereocenters. The first kappa shape index (κ1) is 35.4. The zero-order valence-electron chi connectivity index (χ0n) is 24.8. The number of aromatic nitrogens is 2. The van der Waals surface area contributed by atoms with Gasteiger partial charge in [-0.25, -0.2) is 13.8 Å². The van der Waals surface area contributed by atoms with E-state index in [1.807, 2.05) is 0 Å². The molecule has 44 heavy (non-hydrogen) atoms. The van der Waals surface area contributed by atoms with E-state index < -0.39 is 67.7 Å². The van der Waals surface area contributed by atoms with Crippen LogP contribution in [0.1, 0.15) is 52.8 Å². The number of carbonyl (C=O) groups is 2. The third kappa shape index (κ3) is 9.22. The van der Waals surface area contributed by atoms with Gasteiger partial charge in [0.05, 0.1) is 18.8 Å². The number of nitrogen functional groups attached to an aromatic ring is 1. The van der Waals surface area contributed by atoms with Gasteiger partial charge >= 0.3 is 25.4 Å². The number of anilines is 1. The Hall–Kier alpha value is -3.07. The standard InChI is InChI=1S/C27H37ClFN4O10P/c1-15(2)40-22(34)11-10-18-8-6-7-9-19(18)43-44(38,32-17(5)24(36)41-16(3)4)39-14-20-23(35)27(28,29)25(42-20)33-13-12-21(30)31-26(33)37/h6-9,12-13,15-17,20,23,25,35H,10-11,14H2,1-5H3,(H,32,38)(H2,30,31,37)/t17-,20+,23+,25+,27+,44?/m0/s1. The summed E-state index contributed by atoms with van der Waals surface area (Å²) in [5.41, 5.74) is 4.96. The molecule has 0 radical (unpaired) electrons. The van der Waals surface area contributed by atoms with Gasteiger partial charge in [-0.15, -0.1) is 0 Å². The molecule has 1 unspecified atom stereocenters. The van der Waals surface area contributed by atoms with Gasteiger partial charge in [0.15, 0.2) is 6.23 Å². The van der Waals surface area contributed by atoms with Crippen molar-refractivity contribution < 1.29 is 46.9 Å². The van der Waals surface area contributed by atoms with Gasteiger partial charge in [-0.3, -0.25) is 18.7 Å². The number of aryl methyl sites for hydroxylation is 1. The predicted octanol–water partition coefficient (Wildman–Crippen LogP) is 3.01. The van der Waals surface area contributed by atoms with Crippen LogP contribution in [0.3, 0.4) is 0 Å². The molecule has 1 aliphatic heterocycles. The summed E-state index contributed by atoms with van der Waals surface area (Å²) in [4.78, 5) is 40.4. The number of nitrogens with zero attached hydrogens (tertiary/aromatic N) is 2. The molecular weight excluding hydrogens is 626 g/mol. The number of halogens is 2. The molecule has 0 spiro atoms. The molecule has 1 aromatic carbocycles. The molecule has 0 saturated carbocycles. The summed E-state index contributed by atoms with van der Waals surface area (Å²) in [6, 6.07) is 6.36. The lowest BCUT2D eigenvalue weighted by molar-refractivity contribution is -0.149. The summed E-state index contributed by atoms with van der Waals surface area (Å²) < 4.78 is 57.5. The van der Waals surface area contributed by atoms with Crippen LogP contribution in [0.5, 0.6) is 5.75 Å². The highest BCUT2D eigenvalue weighted by Gasteiger charge is 2.58. The van der Waals surface area contributed by atoms with E-state index in [0.29, 0.717) is 10.1 Å². The Morgan fingerprint density at radius 3 is 2.50 bits per heavy atom. The van der Waals surface area contributed by atoms with E-state index in [9.17, 15) is 24.1 Å². The first-order chi connectivity index (χ1) is 20.5. The average Bonchev–Trinajstić information content (AvgIpc) is 3.14. The normalized spacial score (nSPS) is 23.7. The van der Waals surface area contributed by atoms with Gasteiger partial charge in [-0.05, 0) is 58.7 Å². The van der Waals surface area contributed by atoms with E-state index in [0.717, 1.165) is 6.20 Å². The van der Waals surface area contributed by atoms with Crippen LogP contribution in [-0.2, 0) is 39.3 Å². The molecular formula is C27H37ClFN4O10P. The van der Waals surface area contributed by atoms with Crippen LogP contribution in [0.15, 0.2) is 41.3 Å². The van der Waals surface area contributed by atoms with Crippen molar-refractivity contribution in [2.45, 2.75) is 89.3 Å². The summed E-state index contributed by atoms with van der Waals surface area (Å²) in [5.74, 6) is -1.30. The smallest absolute Gasteiger partial charge is 0.459 e. The van der Waals surface area contributed by atoms with Gasteiger partial charge in [0.2, 0.25) is 0 Å². The lowest BCUT2D eigenvalue weighted by Gasteiger charge is -2.26. The molecule has 1 saturated heterocycles. The van der Waals surface area contributed by atoms with Crippen LogP contribution in [0.25, 0.3) is 0 Å². The van der Waals surface area contributed by atoms with Crippen molar-refractivity contribution in [1.82, 2.24) is 14.6 Å². The first-order valence-electron chi connectivity index (χ1n) is 13.8. The largest absolute Gasteiger partial charge is 0.463 e. The number of ether oxygens (including phenoxy) is 3. The highest BCUT2D eigenvalue weighted by molar-refractivity contribution is 7.52. The molecule has 4 N–H and O–H groups in total. The third-order valence-electron chi connectivity index (χ3n) is 6.11. The lowest BCUT2D eigenvalue weighted by Crippen LogP contribution is -2.41. The SMILES string of the molecule is CC(C)OC(=O)CCc1ccccc1OP(=O)(N[C@@H](C)C(=O)OC(C)C)OC[C@H]1O[C@@H](n2ccc(N)nc2=O)[C@@](F)(Cl)[C@@H]1O. The molecule has 0 aliphatic carbocycles. The summed E-state index contributed by atoms with van der Waals surface area (Å²) in [6.07, 6.45) is -5.05. The van der Waals surface area contributed by atoms with Crippen LogP contribution in [0.4, 0.5) is 10.2 Å². The Bertz CT molecular complexity index is 1430. The fourth-order valence-corrected chi connectivity index (χ4v) is 5.92. The number of hydrogen-bond acceptors (Lipinski definition) is 12. The van der Waals surface area contributed by atoms with Gasteiger partial charge in [0, 0.05) is 12.6 Å². The van der Waals surface area contributed by atoms with Gasteiger partial charge in [0.25, 0.3) is 5.13 Å². The summed E-state index contributed by atoms with van der Waals surface area (Å²) >= 11 is 5.96. The minimum Gasteiger partial charge on any atom is -0.463 e. The van der Waals surface area contributed by atoms with E-state index in [1.54, 1.807) is 45.9 Å². The van der Waals surface area contributed by atoms with Gasteiger partial charge < -0.3 is 29.6 Å². The van der Waals surface area contributed by atoms with Crippen molar-refractivity contribution in [3.8, 4) is 5.75 Å². The van der Waals surface area contributed by atoms with Crippen molar-refractivity contribution in [3.05, 3.63) is 52.6 Å². The second kappa shape index (κ2) is 14.8. The molecule has 2 aromatic rings. The van der Waals surface area contributed by atoms with Gasteiger partial charge in [-0.1, -0.05) is 29.8 Å². The van der Waals surface area contributed by atoms with Crippen LogP contribution in [0.2, 0.25) is 0 Å².